The van der Waals surface area contributed by atoms with E-state index in [0.29, 0.717) is 0 Å². The number of ether oxygens (including phenoxy) is 5. The number of esters is 1. The standard InChI is InChI=1S/C28H35O10P/c1-27(32-4)28(2,33-5)37-25-23(36-27)16-22(26(29)31-3)17-24(25)38-39(30,34-18-20-12-8-6-9-13-20)35-19-21-14-10-7-11-15-21/h6-15,17,23-25H,16,18-19H2,1-5H3/t23-,24-,25+,27+,28+/m1/s1. The van der Waals surface area contributed by atoms with Crippen LogP contribution in [0, 0.1) is 0 Å². The molecule has 4 rings (SSSR count). The molecule has 2 aromatic rings. The average Bonchev–Trinajstić information content (AvgIpc) is 2.96. The third kappa shape index (κ3) is 6.67. The molecule has 0 radical (unpaired) electrons. The van der Waals surface area contributed by atoms with Crippen molar-refractivity contribution in [2.75, 3.05) is 21.3 Å². The predicted molar refractivity (Wildman–Crippen MR) is 140 cm³/mol. The Balaban J connectivity index is 1.65. The van der Waals surface area contributed by atoms with E-state index in [2.05, 4.69) is 0 Å². The van der Waals surface area contributed by atoms with E-state index >= 15 is 0 Å². The molecule has 0 N–H and O–H groups in total. The highest BCUT2D eigenvalue weighted by atomic mass is 31.2. The van der Waals surface area contributed by atoms with Gasteiger partial charge < -0.3 is 23.7 Å². The Morgan fingerprint density at radius 3 is 1.87 bits per heavy atom. The van der Waals surface area contributed by atoms with Crippen LogP contribution in [0.5, 0.6) is 0 Å². The summed E-state index contributed by atoms with van der Waals surface area (Å²) >= 11 is 0. The number of hydrogen-bond acceptors (Lipinski definition) is 10. The van der Waals surface area contributed by atoms with Crippen LogP contribution in [0.3, 0.4) is 0 Å². The fourth-order valence-corrected chi connectivity index (χ4v) is 5.75. The Morgan fingerprint density at radius 2 is 1.38 bits per heavy atom. The maximum atomic E-state index is 14.1. The number of benzene rings is 2. The third-order valence-corrected chi connectivity index (χ3v) is 8.37. The van der Waals surface area contributed by atoms with Crippen molar-refractivity contribution in [3.8, 4) is 0 Å². The first-order valence-electron chi connectivity index (χ1n) is 12.5. The van der Waals surface area contributed by atoms with Crippen molar-refractivity contribution in [2.45, 2.75) is 63.4 Å². The third-order valence-electron chi connectivity index (χ3n) is 6.98. The van der Waals surface area contributed by atoms with Crippen LogP contribution in [-0.2, 0) is 59.8 Å². The molecule has 5 atom stereocenters. The van der Waals surface area contributed by atoms with Gasteiger partial charge in [0.15, 0.2) is 0 Å². The second-order valence-corrected chi connectivity index (χ2v) is 11.1. The molecule has 1 aliphatic carbocycles. The predicted octanol–water partition coefficient (Wildman–Crippen LogP) is 4.93. The van der Waals surface area contributed by atoms with Gasteiger partial charge in [-0.15, -0.1) is 0 Å². The number of hydrogen-bond donors (Lipinski definition) is 0. The molecular weight excluding hydrogens is 527 g/mol. The molecule has 2 aliphatic rings. The number of carbonyl (C=O) groups excluding carboxylic acids is 1. The van der Waals surface area contributed by atoms with E-state index in [-0.39, 0.29) is 25.2 Å². The molecule has 2 aromatic carbocycles. The van der Waals surface area contributed by atoms with Crippen LogP contribution in [0.4, 0.5) is 0 Å². The SMILES string of the molecule is COC(=O)C1=C[C@@H](OP(=O)(OCc2ccccc2)OCc2ccccc2)[C@H]2O[C@](C)(OC)[C@@](C)(OC)O[C@@H]2C1. The van der Waals surface area contributed by atoms with E-state index in [0.717, 1.165) is 11.1 Å². The molecule has 1 fully saturated rings. The van der Waals surface area contributed by atoms with Crippen molar-refractivity contribution in [2.24, 2.45) is 0 Å². The number of fused-ring (bicyclic) bond motifs is 1. The number of rotatable bonds is 11. The summed E-state index contributed by atoms with van der Waals surface area (Å²) in [6.45, 7) is 3.28. The first-order valence-corrected chi connectivity index (χ1v) is 14.0. The molecule has 0 amide bonds. The summed E-state index contributed by atoms with van der Waals surface area (Å²) in [6.07, 6.45) is -0.992. The smallest absolute Gasteiger partial charge is 0.466 e. The van der Waals surface area contributed by atoms with E-state index in [1.54, 1.807) is 13.8 Å². The molecule has 1 heterocycles. The molecule has 0 saturated carbocycles. The lowest BCUT2D eigenvalue weighted by Crippen LogP contribution is -2.67. The van der Waals surface area contributed by atoms with E-state index in [1.165, 1.54) is 27.4 Å². The lowest BCUT2D eigenvalue weighted by molar-refractivity contribution is -0.452. The number of methoxy groups -OCH3 is 3. The fraction of sp³-hybridized carbons (Fsp3) is 0.464. The van der Waals surface area contributed by atoms with Gasteiger partial charge in [-0.05, 0) is 31.1 Å². The second-order valence-electron chi connectivity index (χ2n) is 9.46. The van der Waals surface area contributed by atoms with E-state index < -0.39 is 43.7 Å². The van der Waals surface area contributed by atoms with Crippen molar-refractivity contribution in [1.82, 2.24) is 0 Å². The van der Waals surface area contributed by atoms with E-state index in [1.807, 2.05) is 60.7 Å². The van der Waals surface area contributed by atoms with Crippen LogP contribution in [0.1, 0.15) is 31.4 Å². The normalized spacial score (nSPS) is 28.8. The minimum Gasteiger partial charge on any atom is -0.466 e. The summed E-state index contributed by atoms with van der Waals surface area (Å²) in [5.41, 5.74) is 1.82. The van der Waals surface area contributed by atoms with Crippen molar-refractivity contribution in [3.63, 3.8) is 0 Å². The molecular formula is C28H35O10P. The molecule has 0 aromatic heterocycles. The lowest BCUT2D eigenvalue weighted by atomic mass is 9.89. The van der Waals surface area contributed by atoms with Gasteiger partial charge in [0.2, 0.25) is 11.6 Å². The van der Waals surface area contributed by atoms with Crippen molar-refractivity contribution >= 4 is 13.8 Å². The summed E-state index contributed by atoms with van der Waals surface area (Å²) in [7, 11) is -0.0273. The van der Waals surface area contributed by atoms with Crippen LogP contribution in [0.15, 0.2) is 72.3 Å². The zero-order chi connectivity index (χ0) is 28.1. The molecule has 0 spiro atoms. The molecule has 10 nitrogen and oxygen atoms in total. The van der Waals surface area contributed by atoms with Gasteiger partial charge in [0.25, 0.3) is 0 Å². The molecule has 212 valence electrons. The number of phosphoric acid groups is 1. The van der Waals surface area contributed by atoms with Gasteiger partial charge in [0.1, 0.15) is 12.2 Å². The van der Waals surface area contributed by atoms with Crippen LogP contribution in [-0.4, -0.2) is 57.2 Å². The molecule has 39 heavy (non-hydrogen) atoms. The number of carbonyl (C=O) groups is 1. The van der Waals surface area contributed by atoms with Crippen LogP contribution < -0.4 is 0 Å². The Bertz CT molecular complexity index is 1140. The van der Waals surface area contributed by atoms with Gasteiger partial charge in [-0.2, -0.15) is 0 Å². The largest absolute Gasteiger partial charge is 0.476 e. The summed E-state index contributed by atoms with van der Waals surface area (Å²) in [5, 5.41) is 0. The maximum absolute atomic E-state index is 14.1. The summed E-state index contributed by atoms with van der Waals surface area (Å²) in [4.78, 5) is 12.6. The average molecular weight is 563 g/mol. The van der Waals surface area contributed by atoms with Crippen molar-refractivity contribution < 1.29 is 46.6 Å². The van der Waals surface area contributed by atoms with Crippen LogP contribution in [0.2, 0.25) is 0 Å². The highest BCUT2D eigenvalue weighted by molar-refractivity contribution is 7.48. The lowest BCUT2D eigenvalue weighted by Gasteiger charge is -2.54. The van der Waals surface area contributed by atoms with Gasteiger partial charge in [-0.3, -0.25) is 13.6 Å². The van der Waals surface area contributed by atoms with Gasteiger partial charge in [0, 0.05) is 26.2 Å². The van der Waals surface area contributed by atoms with Crippen molar-refractivity contribution in [3.05, 3.63) is 83.4 Å². The van der Waals surface area contributed by atoms with Gasteiger partial charge in [-0.25, -0.2) is 9.36 Å². The Hall–Kier alpha value is -2.40. The highest BCUT2D eigenvalue weighted by Gasteiger charge is 2.59. The van der Waals surface area contributed by atoms with Crippen LogP contribution in [0.25, 0.3) is 0 Å². The first-order chi connectivity index (χ1) is 18.6. The van der Waals surface area contributed by atoms with Crippen molar-refractivity contribution in [1.29, 1.82) is 0 Å². The minimum absolute atomic E-state index is 0.0316. The maximum Gasteiger partial charge on any atom is 0.476 e. The Labute approximate surface area is 228 Å². The zero-order valence-electron chi connectivity index (χ0n) is 22.7. The molecule has 0 bridgehead atoms. The van der Waals surface area contributed by atoms with Gasteiger partial charge in [0.05, 0.1) is 26.4 Å². The van der Waals surface area contributed by atoms with E-state index in [4.69, 9.17) is 37.3 Å². The van der Waals surface area contributed by atoms with E-state index in [9.17, 15) is 9.36 Å². The summed E-state index contributed by atoms with van der Waals surface area (Å²) in [5.74, 6) is -3.25. The highest BCUT2D eigenvalue weighted by Crippen LogP contribution is 2.55. The fourth-order valence-electron chi connectivity index (χ4n) is 4.46. The molecule has 0 unspecified atom stereocenters. The Kier molecular flexibility index (Phi) is 9.41. The number of phosphoric ester groups is 1. The summed E-state index contributed by atoms with van der Waals surface area (Å²) < 4.78 is 60.6. The van der Waals surface area contributed by atoms with Gasteiger partial charge in [-0.1, -0.05) is 60.7 Å². The zero-order valence-corrected chi connectivity index (χ0v) is 23.6. The summed E-state index contributed by atoms with van der Waals surface area (Å²) in [6, 6.07) is 18.5. The Morgan fingerprint density at radius 1 is 0.872 bits per heavy atom. The molecule has 11 heteroatoms. The second kappa shape index (κ2) is 12.4. The quantitative estimate of drug-likeness (QED) is 0.276. The van der Waals surface area contributed by atoms with Gasteiger partial charge >= 0.3 is 13.8 Å². The molecule has 1 saturated heterocycles. The minimum atomic E-state index is -4.24. The van der Waals surface area contributed by atoms with Crippen LogP contribution >= 0.6 is 7.82 Å². The first kappa shape index (κ1) is 29.6. The monoisotopic (exact) mass is 562 g/mol. The molecule has 1 aliphatic heterocycles. The topological polar surface area (TPSA) is 108 Å².